The molecule has 0 amide bonds. The molecule has 1 heterocycles. The number of nitrogens with zero attached hydrogens (tertiary/aromatic N) is 3. The highest BCUT2D eigenvalue weighted by molar-refractivity contribution is 5.48. The molecular weight excluding hydrogens is 256 g/mol. The van der Waals surface area contributed by atoms with Crippen LogP contribution in [0, 0.1) is 22.5 Å². The lowest BCUT2D eigenvalue weighted by Gasteiger charge is -2.32. The van der Waals surface area contributed by atoms with Crippen molar-refractivity contribution in [1.29, 1.82) is 0 Å². The van der Waals surface area contributed by atoms with Crippen LogP contribution >= 0.6 is 0 Å². The van der Waals surface area contributed by atoms with Gasteiger partial charge in [0.2, 0.25) is 0 Å². The van der Waals surface area contributed by atoms with Gasteiger partial charge in [-0.05, 0) is 31.4 Å². The van der Waals surface area contributed by atoms with Gasteiger partial charge in [-0.15, -0.1) is 0 Å². The molecule has 1 aromatic rings. The van der Waals surface area contributed by atoms with Gasteiger partial charge in [-0.3, -0.25) is 10.1 Å². The van der Waals surface area contributed by atoms with Crippen LogP contribution in [-0.4, -0.2) is 29.5 Å². The smallest absolute Gasteiger partial charge is 0.290 e. The van der Waals surface area contributed by atoms with Gasteiger partial charge in [-0.25, -0.2) is 4.98 Å². The van der Waals surface area contributed by atoms with E-state index < -0.39 is 4.92 Å². The van der Waals surface area contributed by atoms with Gasteiger partial charge in [-0.2, -0.15) is 0 Å². The summed E-state index contributed by atoms with van der Waals surface area (Å²) < 4.78 is 0. The van der Waals surface area contributed by atoms with Crippen LogP contribution in [0.4, 0.5) is 11.5 Å². The SMILES string of the molecule is CCCN(CC(C)(C)CN)c1cc(C)c([N+](=O)[O-])cn1. The van der Waals surface area contributed by atoms with Gasteiger partial charge in [0.15, 0.2) is 0 Å². The zero-order chi connectivity index (χ0) is 15.3. The third kappa shape index (κ3) is 4.16. The first-order chi connectivity index (χ1) is 9.30. The van der Waals surface area contributed by atoms with Gasteiger partial charge in [0.25, 0.3) is 5.69 Å². The highest BCUT2D eigenvalue weighted by Gasteiger charge is 2.22. The third-order valence-electron chi connectivity index (χ3n) is 3.25. The fraction of sp³-hybridized carbons (Fsp3) is 0.643. The highest BCUT2D eigenvalue weighted by atomic mass is 16.6. The van der Waals surface area contributed by atoms with Crippen LogP contribution in [0.5, 0.6) is 0 Å². The summed E-state index contributed by atoms with van der Waals surface area (Å²) >= 11 is 0. The molecule has 1 rings (SSSR count). The molecule has 0 fully saturated rings. The van der Waals surface area contributed by atoms with E-state index in [0.717, 1.165) is 25.3 Å². The molecule has 0 atom stereocenters. The summed E-state index contributed by atoms with van der Waals surface area (Å²) in [7, 11) is 0. The first-order valence-electron chi connectivity index (χ1n) is 6.87. The first kappa shape index (κ1) is 16.4. The Hall–Kier alpha value is -1.69. The molecule has 2 N–H and O–H groups in total. The van der Waals surface area contributed by atoms with Crippen molar-refractivity contribution in [2.75, 3.05) is 24.5 Å². The van der Waals surface area contributed by atoms with Gasteiger partial charge in [0, 0.05) is 18.7 Å². The molecule has 0 saturated heterocycles. The van der Waals surface area contributed by atoms with E-state index >= 15 is 0 Å². The maximum atomic E-state index is 10.8. The van der Waals surface area contributed by atoms with Gasteiger partial charge in [-0.1, -0.05) is 20.8 Å². The zero-order valence-electron chi connectivity index (χ0n) is 12.7. The van der Waals surface area contributed by atoms with Crippen LogP contribution in [0.15, 0.2) is 12.3 Å². The number of aryl methyl sites for hydroxylation is 1. The summed E-state index contributed by atoms with van der Waals surface area (Å²) in [5.74, 6) is 0.775. The van der Waals surface area contributed by atoms with Crippen molar-refractivity contribution in [2.24, 2.45) is 11.1 Å². The molecule has 0 unspecified atom stereocenters. The minimum Gasteiger partial charge on any atom is -0.356 e. The van der Waals surface area contributed by atoms with E-state index in [4.69, 9.17) is 5.73 Å². The Morgan fingerprint density at radius 2 is 2.15 bits per heavy atom. The summed E-state index contributed by atoms with van der Waals surface area (Å²) in [5, 5.41) is 10.8. The molecule has 0 radical (unpaired) electrons. The van der Waals surface area contributed by atoms with Crippen molar-refractivity contribution in [1.82, 2.24) is 4.98 Å². The standard InChI is InChI=1S/C14H24N4O2/c1-5-6-17(10-14(3,4)9-15)13-7-11(2)12(8-16-13)18(19)20/h7-8H,5-6,9-10,15H2,1-4H3. The topological polar surface area (TPSA) is 85.3 Å². The summed E-state index contributed by atoms with van der Waals surface area (Å²) in [6.45, 7) is 10.3. The Kier molecular flexibility index (Phi) is 5.44. The van der Waals surface area contributed by atoms with Crippen LogP contribution in [0.2, 0.25) is 0 Å². The van der Waals surface area contributed by atoms with Crippen LogP contribution in [0.3, 0.4) is 0 Å². The molecule has 0 aliphatic rings. The second-order valence-corrected chi connectivity index (χ2v) is 5.88. The van der Waals surface area contributed by atoms with Crippen molar-refractivity contribution in [3.8, 4) is 0 Å². The molecule has 112 valence electrons. The number of aromatic nitrogens is 1. The molecule has 0 aliphatic carbocycles. The Balaban J connectivity index is 3.03. The molecule has 6 nitrogen and oxygen atoms in total. The van der Waals surface area contributed by atoms with Crippen LogP contribution in [0.25, 0.3) is 0 Å². The number of hydrogen-bond acceptors (Lipinski definition) is 5. The molecule has 20 heavy (non-hydrogen) atoms. The van der Waals surface area contributed by atoms with E-state index in [1.54, 1.807) is 13.0 Å². The van der Waals surface area contributed by atoms with E-state index in [1.165, 1.54) is 6.20 Å². The number of nitrogens with two attached hydrogens (primary N) is 1. The molecule has 0 bridgehead atoms. The van der Waals surface area contributed by atoms with E-state index in [1.807, 2.05) is 0 Å². The van der Waals surface area contributed by atoms with Gasteiger partial charge < -0.3 is 10.6 Å². The van der Waals surface area contributed by atoms with Crippen molar-refractivity contribution in [3.63, 3.8) is 0 Å². The lowest BCUT2D eigenvalue weighted by Crippen LogP contribution is -2.39. The van der Waals surface area contributed by atoms with Gasteiger partial charge >= 0.3 is 0 Å². The molecule has 0 spiro atoms. The van der Waals surface area contributed by atoms with Crippen LogP contribution < -0.4 is 10.6 Å². The second-order valence-electron chi connectivity index (χ2n) is 5.88. The molecule has 6 heteroatoms. The Morgan fingerprint density at radius 1 is 1.50 bits per heavy atom. The van der Waals surface area contributed by atoms with E-state index in [-0.39, 0.29) is 11.1 Å². The van der Waals surface area contributed by atoms with Gasteiger partial charge in [0.1, 0.15) is 12.0 Å². The quantitative estimate of drug-likeness (QED) is 0.612. The lowest BCUT2D eigenvalue weighted by atomic mass is 9.93. The molecule has 1 aromatic heterocycles. The Labute approximate surface area is 120 Å². The highest BCUT2D eigenvalue weighted by Crippen LogP contribution is 2.24. The van der Waals surface area contributed by atoms with E-state index in [2.05, 4.69) is 30.7 Å². The summed E-state index contributed by atoms with van der Waals surface area (Å²) in [6, 6.07) is 1.78. The average Bonchev–Trinajstić information content (AvgIpc) is 2.37. The predicted molar refractivity (Wildman–Crippen MR) is 81.0 cm³/mol. The van der Waals surface area contributed by atoms with Gasteiger partial charge in [0.05, 0.1) is 4.92 Å². The number of rotatable bonds is 7. The molecule has 0 saturated carbocycles. The van der Waals surface area contributed by atoms with Crippen LogP contribution in [-0.2, 0) is 0 Å². The lowest BCUT2D eigenvalue weighted by molar-refractivity contribution is -0.385. The Morgan fingerprint density at radius 3 is 2.60 bits per heavy atom. The Bertz CT molecular complexity index is 474. The van der Waals surface area contributed by atoms with E-state index in [0.29, 0.717) is 12.1 Å². The monoisotopic (exact) mass is 280 g/mol. The maximum absolute atomic E-state index is 10.8. The maximum Gasteiger partial charge on any atom is 0.290 e. The normalized spacial score (nSPS) is 11.4. The zero-order valence-corrected chi connectivity index (χ0v) is 12.7. The number of anilines is 1. The number of nitro groups is 1. The fourth-order valence-corrected chi connectivity index (χ4v) is 2.02. The summed E-state index contributed by atoms with van der Waals surface area (Å²) in [4.78, 5) is 16.8. The number of pyridine rings is 1. The molecule has 0 aliphatic heterocycles. The molecule has 0 aromatic carbocycles. The third-order valence-corrected chi connectivity index (χ3v) is 3.25. The van der Waals surface area contributed by atoms with Crippen molar-refractivity contribution in [2.45, 2.75) is 34.1 Å². The van der Waals surface area contributed by atoms with Crippen molar-refractivity contribution < 1.29 is 4.92 Å². The number of hydrogen-bond donors (Lipinski definition) is 1. The van der Waals surface area contributed by atoms with Crippen molar-refractivity contribution >= 4 is 11.5 Å². The average molecular weight is 280 g/mol. The summed E-state index contributed by atoms with van der Waals surface area (Å²) in [6.07, 6.45) is 2.32. The van der Waals surface area contributed by atoms with E-state index in [9.17, 15) is 10.1 Å². The van der Waals surface area contributed by atoms with Crippen molar-refractivity contribution in [3.05, 3.63) is 27.9 Å². The predicted octanol–water partition coefficient (Wildman–Crippen LogP) is 2.50. The minimum atomic E-state index is -0.403. The first-order valence-corrected chi connectivity index (χ1v) is 6.87. The second kappa shape index (κ2) is 6.65. The molecular formula is C14H24N4O2. The minimum absolute atomic E-state index is 0.0213. The largest absolute Gasteiger partial charge is 0.356 e. The van der Waals surface area contributed by atoms with Crippen LogP contribution in [0.1, 0.15) is 32.8 Å². The summed E-state index contributed by atoms with van der Waals surface area (Å²) in [5.41, 5.74) is 6.45. The fourth-order valence-electron chi connectivity index (χ4n) is 2.02.